The third-order valence-corrected chi connectivity index (χ3v) is 2.24. The van der Waals surface area contributed by atoms with E-state index in [2.05, 4.69) is 42.6 Å². The molecule has 0 unspecified atom stereocenters. The summed E-state index contributed by atoms with van der Waals surface area (Å²) >= 11 is 0. The van der Waals surface area contributed by atoms with Crippen LogP contribution in [0.1, 0.15) is 32.3 Å². The van der Waals surface area contributed by atoms with E-state index in [1.54, 1.807) is 0 Å². The molecule has 3 heteroatoms. The Morgan fingerprint density at radius 1 is 1.50 bits per heavy atom. The zero-order valence-electron chi connectivity index (χ0n) is 9.67. The average Bonchev–Trinajstić information content (AvgIpc) is 2.45. The second kappa shape index (κ2) is 5.15. The second-order valence-electron chi connectivity index (χ2n) is 4.08. The van der Waals surface area contributed by atoms with E-state index in [1.807, 2.05) is 6.20 Å². The number of nitrogens with zero attached hydrogens (tertiary/aromatic N) is 2. The fourth-order valence-electron chi connectivity index (χ4n) is 1.52. The van der Waals surface area contributed by atoms with Gasteiger partial charge in [0.15, 0.2) is 0 Å². The molecule has 1 N–H and O–H groups in total. The van der Waals surface area contributed by atoms with Gasteiger partial charge in [0.2, 0.25) is 0 Å². The molecule has 14 heavy (non-hydrogen) atoms. The van der Waals surface area contributed by atoms with Crippen molar-refractivity contribution in [3.05, 3.63) is 17.7 Å². The zero-order chi connectivity index (χ0) is 10.6. The summed E-state index contributed by atoms with van der Waals surface area (Å²) in [5.41, 5.74) is 1.29. The molecule has 0 atom stereocenters. The first-order valence-corrected chi connectivity index (χ1v) is 5.36. The molecule has 0 aliphatic heterocycles. The van der Waals surface area contributed by atoms with Gasteiger partial charge in [0, 0.05) is 19.3 Å². The Hall–Kier alpha value is -0.830. The van der Waals surface area contributed by atoms with E-state index in [-0.39, 0.29) is 0 Å². The van der Waals surface area contributed by atoms with Gasteiger partial charge in [-0.05, 0) is 19.4 Å². The fraction of sp³-hybridized carbons (Fsp3) is 0.727. The lowest BCUT2D eigenvalue weighted by atomic mass is 10.2. The van der Waals surface area contributed by atoms with E-state index in [9.17, 15) is 0 Å². The highest BCUT2D eigenvalue weighted by Crippen LogP contribution is 2.08. The lowest BCUT2D eigenvalue weighted by Gasteiger charge is -2.12. The predicted octanol–water partition coefficient (Wildman–Crippen LogP) is 1.96. The SMILES string of the molecule is CCNCc1cnc(C)n1CC(C)C. The van der Waals surface area contributed by atoms with Crippen LogP contribution in [0.15, 0.2) is 6.20 Å². The van der Waals surface area contributed by atoms with Crippen molar-refractivity contribution in [3.63, 3.8) is 0 Å². The van der Waals surface area contributed by atoms with Gasteiger partial charge in [-0.1, -0.05) is 20.8 Å². The maximum absolute atomic E-state index is 4.35. The Kier molecular flexibility index (Phi) is 4.14. The smallest absolute Gasteiger partial charge is 0.105 e. The molecule has 0 amide bonds. The molecule has 0 aromatic carbocycles. The van der Waals surface area contributed by atoms with Crippen LogP contribution in [0.5, 0.6) is 0 Å². The van der Waals surface area contributed by atoms with E-state index in [1.165, 1.54) is 5.69 Å². The van der Waals surface area contributed by atoms with Crippen molar-refractivity contribution < 1.29 is 0 Å². The van der Waals surface area contributed by atoms with Crippen LogP contribution in [-0.4, -0.2) is 16.1 Å². The minimum absolute atomic E-state index is 0.670. The molecule has 0 saturated heterocycles. The lowest BCUT2D eigenvalue weighted by Crippen LogP contribution is -2.17. The summed E-state index contributed by atoms with van der Waals surface area (Å²) in [4.78, 5) is 4.35. The van der Waals surface area contributed by atoms with Gasteiger partial charge in [0.1, 0.15) is 5.82 Å². The number of imidazole rings is 1. The van der Waals surface area contributed by atoms with Gasteiger partial charge in [-0.2, -0.15) is 0 Å². The third-order valence-electron chi connectivity index (χ3n) is 2.24. The maximum Gasteiger partial charge on any atom is 0.105 e. The van der Waals surface area contributed by atoms with Gasteiger partial charge in [-0.15, -0.1) is 0 Å². The summed E-state index contributed by atoms with van der Waals surface area (Å²) < 4.78 is 2.30. The fourth-order valence-corrected chi connectivity index (χ4v) is 1.52. The van der Waals surface area contributed by atoms with Crippen molar-refractivity contribution in [2.75, 3.05) is 6.54 Å². The molecule has 1 heterocycles. The second-order valence-corrected chi connectivity index (χ2v) is 4.08. The number of aromatic nitrogens is 2. The van der Waals surface area contributed by atoms with Crippen molar-refractivity contribution in [1.82, 2.24) is 14.9 Å². The highest BCUT2D eigenvalue weighted by molar-refractivity contribution is 5.04. The standard InChI is InChI=1S/C11H21N3/c1-5-12-6-11-7-13-10(4)14(11)8-9(2)3/h7,9,12H,5-6,8H2,1-4H3. The molecule has 0 spiro atoms. The molecule has 1 aromatic heterocycles. The Balaban J connectivity index is 2.72. The summed E-state index contributed by atoms with van der Waals surface area (Å²) in [6, 6.07) is 0. The number of rotatable bonds is 5. The highest BCUT2D eigenvalue weighted by atomic mass is 15.1. The lowest BCUT2D eigenvalue weighted by molar-refractivity contribution is 0.493. The quantitative estimate of drug-likeness (QED) is 0.778. The number of nitrogens with one attached hydrogen (secondary N) is 1. The molecular weight excluding hydrogens is 174 g/mol. The van der Waals surface area contributed by atoms with Gasteiger partial charge in [0.05, 0.1) is 5.69 Å². The largest absolute Gasteiger partial charge is 0.331 e. The van der Waals surface area contributed by atoms with Gasteiger partial charge in [0.25, 0.3) is 0 Å². The van der Waals surface area contributed by atoms with E-state index < -0.39 is 0 Å². The summed E-state index contributed by atoms with van der Waals surface area (Å²) in [6.07, 6.45) is 1.97. The van der Waals surface area contributed by atoms with Crippen LogP contribution in [-0.2, 0) is 13.1 Å². The summed E-state index contributed by atoms with van der Waals surface area (Å²) in [6.45, 7) is 11.6. The van der Waals surface area contributed by atoms with Crippen molar-refractivity contribution in [3.8, 4) is 0 Å². The van der Waals surface area contributed by atoms with Gasteiger partial charge in [-0.25, -0.2) is 4.98 Å². The van der Waals surface area contributed by atoms with Gasteiger partial charge < -0.3 is 9.88 Å². The average molecular weight is 195 g/mol. The number of hydrogen-bond acceptors (Lipinski definition) is 2. The van der Waals surface area contributed by atoms with Gasteiger partial charge in [-0.3, -0.25) is 0 Å². The van der Waals surface area contributed by atoms with Crippen molar-refractivity contribution in [2.24, 2.45) is 5.92 Å². The molecule has 0 aliphatic rings. The van der Waals surface area contributed by atoms with Crippen molar-refractivity contribution in [2.45, 2.75) is 40.8 Å². The van der Waals surface area contributed by atoms with Crippen LogP contribution in [0, 0.1) is 12.8 Å². The van der Waals surface area contributed by atoms with Gasteiger partial charge >= 0.3 is 0 Å². The molecule has 0 bridgehead atoms. The zero-order valence-corrected chi connectivity index (χ0v) is 9.67. The summed E-state index contributed by atoms with van der Waals surface area (Å²) in [5.74, 6) is 1.79. The Morgan fingerprint density at radius 2 is 2.21 bits per heavy atom. The van der Waals surface area contributed by atoms with Crippen LogP contribution in [0.25, 0.3) is 0 Å². The van der Waals surface area contributed by atoms with Crippen LogP contribution in [0.4, 0.5) is 0 Å². The first-order chi connectivity index (χ1) is 6.65. The van der Waals surface area contributed by atoms with Crippen molar-refractivity contribution >= 4 is 0 Å². The molecule has 1 aromatic rings. The first-order valence-electron chi connectivity index (χ1n) is 5.36. The highest BCUT2D eigenvalue weighted by Gasteiger charge is 2.06. The molecule has 1 rings (SSSR count). The van der Waals surface area contributed by atoms with Crippen LogP contribution < -0.4 is 5.32 Å². The van der Waals surface area contributed by atoms with Crippen LogP contribution in [0.3, 0.4) is 0 Å². The summed E-state index contributed by atoms with van der Waals surface area (Å²) in [5, 5.41) is 3.33. The van der Waals surface area contributed by atoms with E-state index in [4.69, 9.17) is 0 Å². The molecule has 0 radical (unpaired) electrons. The molecule has 3 nitrogen and oxygen atoms in total. The van der Waals surface area contributed by atoms with E-state index >= 15 is 0 Å². The van der Waals surface area contributed by atoms with E-state index in [0.717, 1.165) is 25.5 Å². The van der Waals surface area contributed by atoms with Crippen LogP contribution >= 0.6 is 0 Å². The Bertz CT molecular complexity index is 276. The molecule has 0 fully saturated rings. The Morgan fingerprint density at radius 3 is 2.79 bits per heavy atom. The van der Waals surface area contributed by atoms with E-state index in [0.29, 0.717) is 5.92 Å². The molecular formula is C11H21N3. The maximum atomic E-state index is 4.35. The molecule has 80 valence electrons. The normalized spacial score (nSPS) is 11.2. The number of hydrogen-bond donors (Lipinski definition) is 1. The predicted molar refractivity (Wildman–Crippen MR) is 59.2 cm³/mol. The van der Waals surface area contributed by atoms with Crippen LogP contribution in [0.2, 0.25) is 0 Å². The minimum atomic E-state index is 0.670. The Labute approximate surface area is 86.5 Å². The van der Waals surface area contributed by atoms with Crippen molar-refractivity contribution in [1.29, 1.82) is 0 Å². The first kappa shape index (κ1) is 11.2. The molecule has 0 saturated carbocycles. The summed E-state index contributed by atoms with van der Waals surface area (Å²) in [7, 11) is 0. The molecule has 0 aliphatic carbocycles. The third kappa shape index (κ3) is 2.84. The topological polar surface area (TPSA) is 29.9 Å². The monoisotopic (exact) mass is 195 g/mol. The minimum Gasteiger partial charge on any atom is -0.331 e. The number of aryl methyl sites for hydroxylation is 1.